The molecular formula is C22H26N4O4. The molecule has 0 saturated carbocycles. The summed E-state index contributed by atoms with van der Waals surface area (Å²) in [6.07, 6.45) is 3.50. The molecule has 3 aromatic rings. The van der Waals surface area contributed by atoms with Gasteiger partial charge in [0.1, 0.15) is 11.5 Å². The third-order valence-corrected chi connectivity index (χ3v) is 5.67. The van der Waals surface area contributed by atoms with E-state index in [1.54, 1.807) is 7.11 Å². The molecule has 0 bridgehead atoms. The summed E-state index contributed by atoms with van der Waals surface area (Å²) >= 11 is 0. The number of pyridine rings is 1. The first kappa shape index (κ1) is 20.2. The van der Waals surface area contributed by atoms with Crippen LogP contribution in [0.4, 0.5) is 5.69 Å². The highest BCUT2D eigenvalue weighted by atomic mass is 16.5. The molecule has 4 rings (SSSR count). The lowest BCUT2D eigenvalue weighted by Gasteiger charge is -2.24. The van der Waals surface area contributed by atoms with E-state index < -0.39 is 5.91 Å². The maximum absolute atomic E-state index is 12.1. The third-order valence-electron chi connectivity index (χ3n) is 5.67. The van der Waals surface area contributed by atoms with Gasteiger partial charge >= 0.3 is 0 Å². The molecule has 158 valence electrons. The number of carbonyl (C=O) groups is 1. The highest BCUT2D eigenvalue weighted by molar-refractivity contribution is 6.07. The highest BCUT2D eigenvalue weighted by Gasteiger charge is 2.21. The van der Waals surface area contributed by atoms with Gasteiger partial charge in [0.25, 0.3) is 5.91 Å². The molecule has 1 aliphatic heterocycles. The second kappa shape index (κ2) is 8.31. The summed E-state index contributed by atoms with van der Waals surface area (Å²) in [4.78, 5) is 16.6. The van der Waals surface area contributed by atoms with Gasteiger partial charge in [-0.3, -0.25) is 9.78 Å². The Morgan fingerprint density at radius 1 is 1.30 bits per heavy atom. The molecule has 1 amide bonds. The van der Waals surface area contributed by atoms with Gasteiger partial charge in [-0.2, -0.15) is 0 Å². The first-order chi connectivity index (χ1) is 14.5. The Morgan fingerprint density at radius 3 is 2.70 bits per heavy atom. The van der Waals surface area contributed by atoms with Gasteiger partial charge in [-0.1, -0.05) is 5.16 Å². The van der Waals surface area contributed by atoms with E-state index in [9.17, 15) is 4.79 Å². The van der Waals surface area contributed by atoms with Crippen molar-refractivity contribution in [2.24, 2.45) is 11.7 Å². The fraction of sp³-hybridized carbons (Fsp3) is 0.409. The molecule has 1 saturated heterocycles. The smallest absolute Gasteiger partial charge is 0.252 e. The molecule has 3 N–H and O–H groups in total. The van der Waals surface area contributed by atoms with Crippen LogP contribution in [0.2, 0.25) is 0 Å². The Labute approximate surface area is 174 Å². The van der Waals surface area contributed by atoms with E-state index in [0.717, 1.165) is 60.3 Å². The molecule has 8 heteroatoms. The van der Waals surface area contributed by atoms with Crippen LogP contribution in [0.5, 0.6) is 5.75 Å². The van der Waals surface area contributed by atoms with Gasteiger partial charge in [-0.05, 0) is 44.7 Å². The molecule has 0 radical (unpaired) electrons. The molecule has 0 aliphatic carbocycles. The fourth-order valence-electron chi connectivity index (χ4n) is 4.03. The summed E-state index contributed by atoms with van der Waals surface area (Å²) in [5.41, 5.74) is 9.91. The average Bonchev–Trinajstić information content (AvgIpc) is 3.09. The number of hydrogen-bond donors (Lipinski definition) is 2. The van der Waals surface area contributed by atoms with E-state index >= 15 is 0 Å². The molecule has 1 aliphatic rings. The molecular weight excluding hydrogens is 384 g/mol. The molecule has 30 heavy (non-hydrogen) atoms. The molecule has 1 fully saturated rings. The summed E-state index contributed by atoms with van der Waals surface area (Å²) < 4.78 is 16.5. The molecule has 3 heterocycles. The Balaban J connectivity index is 1.82. The van der Waals surface area contributed by atoms with Crippen molar-refractivity contribution in [2.45, 2.75) is 26.7 Å². The number of hydrogen-bond acceptors (Lipinski definition) is 7. The van der Waals surface area contributed by atoms with E-state index in [4.69, 9.17) is 19.7 Å². The maximum atomic E-state index is 12.1. The van der Waals surface area contributed by atoms with Crippen molar-refractivity contribution in [3.63, 3.8) is 0 Å². The van der Waals surface area contributed by atoms with Crippen LogP contribution in [0.15, 0.2) is 22.9 Å². The summed E-state index contributed by atoms with van der Waals surface area (Å²) in [6.45, 7) is 6.02. The standard InChI is InChI=1S/C22H26N4O4/c1-12-20(13(2)30-26-12)16-8-18-15(9-19(16)28-3)21(17(11-24-18)22(23)27)25-10-14-4-6-29-7-5-14/h8-9,11,14H,4-7,10H2,1-3H3,(H2,23,27)(H,24,25). The number of methoxy groups -OCH3 is 1. The number of aryl methyl sites for hydroxylation is 2. The van der Waals surface area contributed by atoms with Gasteiger partial charge in [0.15, 0.2) is 0 Å². The Morgan fingerprint density at radius 2 is 2.07 bits per heavy atom. The lowest BCUT2D eigenvalue weighted by molar-refractivity contribution is 0.0699. The van der Waals surface area contributed by atoms with Gasteiger partial charge in [0.05, 0.1) is 35.1 Å². The van der Waals surface area contributed by atoms with Gasteiger partial charge in [0, 0.05) is 36.9 Å². The van der Waals surface area contributed by atoms with Gasteiger partial charge in [-0.25, -0.2) is 0 Å². The lowest BCUT2D eigenvalue weighted by Crippen LogP contribution is -2.24. The van der Waals surface area contributed by atoms with Gasteiger partial charge < -0.3 is 25.0 Å². The minimum atomic E-state index is -0.521. The number of rotatable bonds is 6. The first-order valence-corrected chi connectivity index (χ1v) is 10.0. The molecule has 2 aromatic heterocycles. The number of nitrogens with two attached hydrogens (primary N) is 1. The minimum Gasteiger partial charge on any atom is -0.496 e. The summed E-state index contributed by atoms with van der Waals surface area (Å²) in [5.74, 6) is 1.31. The molecule has 0 spiro atoms. The summed E-state index contributed by atoms with van der Waals surface area (Å²) in [7, 11) is 1.61. The van der Waals surface area contributed by atoms with Crippen molar-refractivity contribution in [1.82, 2.24) is 10.1 Å². The van der Waals surface area contributed by atoms with Gasteiger partial charge in [0.2, 0.25) is 0 Å². The lowest BCUT2D eigenvalue weighted by atomic mass is 9.98. The second-order valence-electron chi connectivity index (χ2n) is 7.62. The number of fused-ring (bicyclic) bond motifs is 1. The van der Waals surface area contributed by atoms with Crippen LogP contribution >= 0.6 is 0 Å². The maximum Gasteiger partial charge on any atom is 0.252 e. The van der Waals surface area contributed by atoms with Gasteiger partial charge in [-0.15, -0.1) is 0 Å². The zero-order valence-electron chi connectivity index (χ0n) is 17.4. The number of primary amides is 1. The van der Waals surface area contributed by atoms with Crippen molar-refractivity contribution in [3.8, 4) is 16.9 Å². The fourth-order valence-corrected chi connectivity index (χ4v) is 4.03. The minimum absolute atomic E-state index is 0.363. The van der Waals surface area contributed by atoms with Crippen LogP contribution in [-0.2, 0) is 4.74 Å². The van der Waals surface area contributed by atoms with Crippen LogP contribution in [0.1, 0.15) is 34.7 Å². The Kier molecular flexibility index (Phi) is 5.59. The first-order valence-electron chi connectivity index (χ1n) is 10.0. The molecule has 1 aromatic carbocycles. The van der Waals surface area contributed by atoms with E-state index in [2.05, 4.69) is 15.5 Å². The number of nitrogens with one attached hydrogen (secondary N) is 1. The Hall–Kier alpha value is -3.13. The van der Waals surface area contributed by atoms with Crippen LogP contribution in [0.25, 0.3) is 22.0 Å². The summed E-state index contributed by atoms with van der Waals surface area (Å²) in [5, 5.41) is 8.29. The van der Waals surface area contributed by atoms with Crippen molar-refractivity contribution in [1.29, 1.82) is 0 Å². The van der Waals surface area contributed by atoms with E-state index in [0.29, 0.717) is 28.7 Å². The van der Waals surface area contributed by atoms with Crippen molar-refractivity contribution in [2.75, 3.05) is 32.2 Å². The van der Waals surface area contributed by atoms with Crippen LogP contribution in [0, 0.1) is 19.8 Å². The normalized spacial score (nSPS) is 14.8. The quantitative estimate of drug-likeness (QED) is 0.640. The topological polar surface area (TPSA) is 112 Å². The molecule has 8 nitrogen and oxygen atoms in total. The third kappa shape index (κ3) is 3.70. The zero-order valence-corrected chi connectivity index (χ0v) is 17.4. The highest BCUT2D eigenvalue weighted by Crippen LogP contribution is 2.39. The van der Waals surface area contributed by atoms with Crippen molar-refractivity contribution >= 4 is 22.5 Å². The molecule has 0 atom stereocenters. The summed E-state index contributed by atoms with van der Waals surface area (Å²) in [6, 6.07) is 3.83. The number of ether oxygens (including phenoxy) is 2. The molecule has 0 unspecified atom stereocenters. The Bertz CT molecular complexity index is 1070. The van der Waals surface area contributed by atoms with Crippen LogP contribution in [0.3, 0.4) is 0 Å². The van der Waals surface area contributed by atoms with Crippen molar-refractivity contribution in [3.05, 3.63) is 35.3 Å². The number of carbonyl (C=O) groups excluding carboxylic acids is 1. The average molecular weight is 410 g/mol. The van der Waals surface area contributed by atoms with E-state index in [-0.39, 0.29) is 0 Å². The van der Waals surface area contributed by atoms with Crippen molar-refractivity contribution < 1.29 is 18.8 Å². The van der Waals surface area contributed by atoms with E-state index in [1.807, 2.05) is 26.0 Å². The monoisotopic (exact) mass is 410 g/mol. The number of anilines is 1. The SMILES string of the molecule is COc1cc2c(NCC3CCOCC3)c(C(N)=O)cnc2cc1-c1c(C)noc1C. The number of aromatic nitrogens is 2. The number of nitrogens with zero attached hydrogens (tertiary/aromatic N) is 2. The zero-order chi connectivity index (χ0) is 21.3. The number of amides is 1. The predicted molar refractivity (Wildman–Crippen MR) is 114 cm³/mol. The largest absolute Gasteiger partial charge is 0.496 e. The predicted octanol–water partition coefficient (Wildman–Crippen LogP) is 3.45. The van der Waals surface area contributed by atoms with Crippen LogP contribution < -0.4 is 15.8 Å². The van der Waals surface area contributed by atoms with Crippen LogP contribution in [-0.4, -0.2) is 42.9 Å². The van der Waals surface area contributed by atoms with E-state index in [1.165, 1.54) is 6.20 Å². The number of benzene rings is 1. The second-order valence-corrected chi connectivity index (χ2v) is 7.62.